The monoisotopic (exact) mass is 410 g/mol. The van der Waals surface area contributed by atoms with Gasteiger partial charge in [-0.2, -0.15) is 0 Å². The van der Waals surface area contributed by atoms with Crippen LogP contribution in [0.1, 0.15) is 35.6 Å². The fourth-order valence-electron chi connectivity index (χ4n) is 3.90. The molecular formula is C23H30N4O3. The van der Waals surface area contributed by atoms with Crippen LogP contribution in [0.3, 0.4) is 0 Å². The highest BCUT2D eigenvalue weighted by Crippen LogP contribution is 2.19. The molecule has 0 spiro atoms. The predicted octanol–water partition coefficient (Wildman–Crippen LogP) is 2.18. The van der Waals surface area contributed by atoms with E-state index in [-0.39, 0.29) is 11.8 Å². The summed E-state index contributed by atoms with van der Waals surface area (Å²) in [5.41, 5.74) is 3.29. The van der Waals surface area contributed by atoms with Gasteiger partial charge in [0, 0.05) is 49.7 Å². The molecule has 0 unspecified atom stereocenters. The molecule has 3 heterocycles. The molecule has 2 aromatic heterocycles. The second-order valence-electron chi connectivity index (χ2n) is 8.27. The van der Waals surface area contributed by atoms with Crippen molar-refractivity contribution in [3.63, 3.8) is 0 Å². The first-order chi connectivity index (χ1) is 14.5. The summed E-state index contributed by atoms with van der Waals surface area (Å²) in [6, 6.07) is 6.35. The first kappa shape index (κ1) is 20.5. The zero-order valence-electron chi connectivity index (χ0n) is 17.8. The second kappa shape index (κ2) is 8.92. The molecule has 2 fully saturated rings. The Kier molecular flexibility index (Phi) is 6.08. The van der Waals surface area contributed by atoms with Gasteiger partial charge >= 0.3 is 0 Å². The molecule has 0 aromatic carbocycles. The van der Waals surface area contributed by atoms with Gasteiger partial charge in [0.2, 0.25) is 11.8 Å². The first-order valence-electron chi connectivity index (χ1n) is 10.7. The molecule has 2 amide bonds. The molecule has 0 bridgehead atoms. The zero-order valence-corrected chi connectivity index (χ0v) is 17.8. The van der Waals surface area contributed by atoms with Crippen molar-refractivity contribution in [2.75, 3.05) is 32.7 Å². The number of rotatable bonds is 7. The number of amides is 2. The predicted molar refractivity (Wildman–Crippen MR) is 115 cm³/mol. The van der Waals surface area contributed by atoms with Gasteiger partial charge < -0.3 is 19.2 Å². The molecule has 7 heteroatoms. The van der Waals surface area contributed by atoms with E-state index in [0.29, 0.717) is 32.2 Å². The van der Waals surface area contributed by atoms with Crippen LogP contribution in [-0.4, -0.2) is 64.9 Å². The van der Waals surface area contributed by atoms with Gasteiger partial charge in [0.25, 0.3) is 0 Å². The Morgan fingerprint density at radius 2 is 1.97 bits per heavy atom. The van der Waals surface area contributed by atoms with E-state index in [1.165, 1.54) is 0 Å². The van der Waals surface area contributed by atoms with Crippen LogP contribution in [0, 0.1) is 13.8 Å². The molecule has 30 heavy (non-hydrogen) atoms. The van der Waals surface area contributed by atoms with Gasteiger partial charge in [-0.25, -0.2) is 0 Å². The van der Waals surface area contributed by atoms with Gasteiger partial charge in [0.15, 0.2) is 0 Å². The van der Waals surface area contributed by atoms with Gasteiger partial charge in [-0.15, -0.1) is 0 Å². The lowest BCUT2D eigenvalue weighted by Gasteiger charge is -2.33. The van der Waals surface area contributed by atoms with Gasteiger partial charge in [-0.3, -0.25) is 14.5 Å². The van der Waals surface area contributed by atoms with Gasteiger partial charge in [-0.05, 0) is 56.5 Å². The number of carbonyl (C=O) groups excluding carboxylic acids is 2. The van der Waals surface area contributed by atoms with Crippen LogP contribution in [0.4, 0.5) is 0 Å². The number of aryl methyl sites for hydroxylation is 1. The quantitative estimate of drug-likeness (QED) is 0.711. The number of hydrogen-bond donors (Lipinski definition) is 1. The number of aromatic nitrogens is 1. The van der Waals surface area contributed by atoms with Crippen LogP contribution in [0.5, 0.6) is 0 Å². The van der Waals surface area contributed by atoms with E-state index >= 15 is 0 Å². The normalized spacial score (nSPS) is 17.6. The van der Waals surface area contributed by atoms with E-state index in [1.54, 1.807) is 12.3 Å². The minimum Gasteiger partial charge on any atom is -0.467 e. The van der Waals surface area contributed by atoms with Crippen LogP contribution < -0.4 is 5.32 Å². The fourth-order valence-corrected chi connectivity index (χ4v) is 3.90. The molecule has 1 aliphatic carbocycles. The molecule has 7 nitrogen and oxygen atoms in total. The van der Waals surface area contributed by atoms with E-state index in [9.17, 15) is 9.59 Å². The zero-order chi connectivity index (χ0) is 21.1. The topological polar surface area (TPSA) is 70.7 Å². The summed E-state index contributed by atoms with van der Waals surface area (Å²) < 4.78 is 7.65. The molecule has 2 aromatic rings. The maximum atomic E-state index is 12.6. The van der Waals surface area contributed by atoms with Gasteiger partial charge in [0.1, 0.15) is 5.76 Å². The van der Waals surface area contributed by atoms with Crippen LogP contribution in [-0.2, 0) is 16.1 Å². The lowest BCUT2D eigenvalue weighted by molar-refractivity contribution is -0.128. The van der Waals surface area contributed by atoms with E-state index in [0.717, 1.165) is 48.6 Å². The number of piperazine rings is 1. The summed E-state index contributed by atoms with van der Waals surface area (Å²) in [4.78, 5) is 28.6. The number of hydrogen-bond acceptors (Lipinski definition) is 4. The third-order valence-electron chi connectivity index (χ3n) is 5.91. The molecule has 1 saturated carbocycles. The minimum atomic E-state index is 0.0212. The van der Waals surface area contributed by atoms with E-state index in [2.05, 4.69) is 34.7 Å². The number of carbonyl (C=O) groups is 2. The van der Waals surface area contributed by atoms with Crippen molar-refractivity contribution in [1.29, 1.82) is 0 Å². The Bertz CT molecular complexity index is 917. The van der Waals surface area contributed by atoms with Gasteiger partial charge in [-0.1, -0.05) is 0 Å². The Hall–Kier alpha value is -2.80. The summed E-state index contributed by atoms with van der Waals surface area (Å²) in [5.74, 6) is 1.03. The van der Waals surface area contributed by atoms with E-state index in [4.69, 9.17) is 4.42 Å². The highest BCUT2D eigenvalue weighted by Gasteiger charge is 2.26. The summed E-state index contributed by atoms with van der Waals surface area (Å²) in [6.45, 7) is 8.00. The molecule has 1 saturated heterocycles. The fraction of sp³-hybridized carbons (Fsp3) is 0.478. The van der Waals surface area contributed by atoms with Crippen LogP contribution in [0.2, 0.25) is 0 Å². The first-order valence-corrected chi connectivity index (χ1v) is 10.7. The third-order valence-corrected chi connectivity index (χ3v) is 5.91. The highest BCUT2D eigenvalue weighted by atomic mass is 16.3. The third kappa shape index (κ3) is 5.02. The summed E-state index contributed by atoms with van der Waals surface area (Å²) in [7, 11) is 0. The molecule has 1 N–H and O–H groups in total. The van der Waals surface area contributed by atoms with Crippen molar-refractivity contribution >= 4 is 17.9 Å². The Morgan fingerprint density at radius 3 is 2.63 bits per heavy atom. The van der Waals surface area contributed by atoms with Crippen molar-refractivity contribution < 1.29 is 14.0 Å². The number of furan rings is 1. The van der Waals surface area contributed by atoms with Crippen molar-refractivity contribution in [3.05, 3.63) is 53.2 Å². The maximum absolute atomic E-state index is 12.6. The number of nitrogens with one attached hydrogen (secondary N) is 1. The molecule has 2 aliphatic rings. The minimum absolute atomic E-state index is 0.0212. The maximum Gasteiger partial charge on any atom is 0.246 e. The van der Waals surface area contributed by atoms with Crippen molar-refractivity contribution in [3.8, 4) is 0 Å². The van der Waals surface area contributed by atoms with Crippen LogP contribution >= 0.6 is 0 Å². The van der Waals surface area contributed by atoms with Crippen molar-refractivity contribution in [2.24, 2.45) is 0 Å². The SMILES string of the molecule is Cc1cc(/C=C/C(=O)N2CCN(CC(=O)NC3CC3)CC2)c(C)n1Cc1ccco1. The largest absolute Gasteiger partial charge is 0.467 e. The average Bonchev–Trinajstić information content (AvgIpc) is 3.30. The molecule has 0 radical (unpaired) electrons. The Morgan fingerprint density at radius 1 is 1.20 bits per heavy atom. The molecule has 0 atom stereocenters. The standard InChI is InChI=1S/C23H30N4O3/c1-17-14-19(18(2)27(17)15-21-4-3-13-30-21)5-8-23(29)26-11-9-25(10-12-26)16-22(28)24-20-6-7-20/h3-5,8,13-14,20H,6-7,9-12,15-16H2,1-2H3,(H,24,28)/b8-5+. The Labute approximate surface area is 177 Å². The molecule has 4 rings (SSSR count). The lowest BCUT2D eigenvalue weighted by atomic mass is 10.2. The molecular weight excluding hydrogens is 380 g/mol. The summed E-state index contributed by atoms with van der Waals surface area (Å²) in [5, 5.41) is 3.02. The van der Waals surface area contributed by atoms with Crippen molar-refractivity contribution in [1.82, 2.24) is 19.7 Å². The average molecular weight is 411 g/mol. The molecule has 1 aliphatic heterocycles. The second-order valence-corrected chi connectivity index (χ2v) is 8.27. The highest BCUT2D eigenvalue weighted by molar-refractivity contribution is 5.92. The van der Waals surface area contributed by atoms with Crippen LogP contribution in [0.25, 0.3) is 6.08 Å². The Balaban J connectivity index is 1.29. The van der Waals surface area contributed by atoms with Gasteiger partial charge in [0.05, 0.1) is 19.4 Å². The smallest absolute Gasteiger partial charge is 0.246 e. The summed E-state index contributed by atoms with van der Waals surface area (Å²) in [6.07, 6.45) is 7.45. The lowest BCUT2D eigenvalue weighted by Crippen LogP contribution is -2.51. The summed E-state index contributed by atoms with van der Waals surface area (Å²) >= 11 is 0. The number of nitrogens with zero attached hydrogens (tertiary/aromatic N) is 3. The molecule has 160 valence electrons. The van der Waals surface area contributed by atoms with Crippen LogP contribution in [0.15, 0.2) is 35.0 Å². The van der Waals surface area contributed by atoms with E-state index in [1.807, 2.05) is 23.1 Å². The van der Waals surface area contributed by atoms with Crippen molar-refractivity contribution in [2.45, 2.75) is 39.3 Å². The van der Waals surface area contributed by atoms with E-state index < -0.39 is 0 Å².